The number of carbonyl (C=O) groups is 2. The predicted octanol–water partition coefficient (Wildman–Crippen LogP) is 2.04. The third kappa shape index (κ3) is 3.85. The summed E-state index contributed by atoms with van der Waals surface area (Å²) in [7, 11) is -3.26. The minimum absolute atomic E-state index is 0.0108. The highest BCUT2D eigenvalue weighted by Gasteiger charge is 2.59. The van der Waals surface area contributed by atoms with Gasteiger partial charge in [0, 0.05) is 26.2 Å². The van der Waals surface area contributed by atoms with Gasteiger partial charge in [0.15, 0.2) is 9.84 Å². The lowest BCUT2D eigenvalue weighted by Crippen LogP contribution is -2.51. The highest BCUT2D eigenvalue weighted by Crippen LogP contribution is 2.49. The van der Waals surface area contributed by atoms with E-state index < -0.39 is 26.1 Å². The van der Waals surface area contributed by atoms with E-state index in [2.05, 4.69) is 5.32 Å². The lowest BCUT2D eigenvalue weighted by molar-refractivity contribution is 0.0694. The molecule has 1 aromatic carbocycles. The molecule has 0 atom stereocenters. The van der Waals surface area contributed by atoms with E-state index in [4.69, 9.17) is 0 Å². The summed E-state index contributed by atoms with van der Waals surface area (Å²) < 4.78 is 26.6. The van der Waals surface area contributed by atoms with Crippen molar-refractivity contribution in [1.29, 1.82) is 0 Å². The number of nitrogens with zero attached hydrogens (tertiary/aromatic N) is 2. The Kier molecular flexibility index (Phi) is 5.62. The Morgan fingerprint density at radius 1 is 1.06 bits per heavy atom. The molecule has 2 saturated carbocycles. The molecule has 3 aliphatic rings. The van der Waals surface area contributed by atoms with E-state index in [0.29, 0.717) is 32.2 Å². The molecule has 1 aliphatic heterocycles. The summed E-state index contributed by atoms with van der Waals surface area (Å²) in [6.07, 6.45) is 3.54. The van der Waals surface area contributed by atoms with Crippen LogP contribution in [-0.4, -0.2) is 52.8 Å². The van der Waals surface area contributed by atoms with Gasteiger partial charge in [-0.2, -0.15) is 0 Å². The summed E-state index contributed by atoms with van der Waals surface area (Å²) >= 11 is 0. The molecular formula is C25H29N3O5S. The Hall–Kier alpha value is -2.94. The molecule has 5 rings (SSSR count). The molecule has 1 N–H and O–H groups in total. The smallest absolute Gasteiger partial charge is 0.270 e. The van der Waals surface area contributed by atoms with Crippen molar-refractivity contribution in [3.05, 3.63) is 69.1 Å². The lowest BCUT2D eigenvalue weighted by atomic mass is 10.00. The molecule has 1 aromatic heterocycles. The Bertz CT molecular complexity index is 1310. The molecule has 0 saturated heterocycles. The van der Waals surface area contributed by atoms with Gasteiger partial charge in [0.25, 0.3) is 17.4 Å². The molecule has 2 aromatic rings. The van der Waals surface area contributed by atoms with Crippen molar-refractivity contribution in [2.24, 2.45) is 0 Å². The van der Waals surface area contributed by atoms with E-state index in [9.17, 15) is 22.8 Å². The van der Waals surface area contributed by atoms with Gasteiger partial charge in [-0.3, -0.25) is 14.4 Å². The number of pyridine rings is 1. The van der Waals surface area contributed by atoms with Crippen LogP contribution < -0.4 is 10.9 Å². The maximum Gasteiger partial charge on any atom is 0.270 e. The Labute approximate surface area is 198 Å². The highest BCUT2D eigenvalue weighted by molar-refractivity contribution is 7.93. The van der Waals surface area contributed by atoms with Gasteiger partial charge in [-0.15, -0.1) is 0 Å². The monoisotopic (exact) mass is 483 g/mol. The topological polar surface area (TPSA) is 106 Å². The molecule has 34 heavy (non-hydrogen) atoms. The van der Waals surface area contributed by atoms with Crippen molar-refractivity contribution in [2.75, 3.05) is 13.1 Å². The van der Waals surface area contributed by atoms with Gasteiger partial charge in [-0.1, -0.05) is 36.2 Å². The van der Waals surface area contributed by atoms with E-state index in [0.717, 1.165) is 17.5 Å². The van der Waals surface area contributed by atoms with Crippen LogP contribution in [-0.2, 0) is 22.9 Å². The number of carbonyl (C=O) groups excluding carboxylic acids is 2. The number of hydrogen-bond acceptors (Lipinski definition) is 5. The van der Waals surface area contributed by atoms with E-state index in [1.165, 1.54) is 16.7 Å². The second kappa shape index (κ2) is 8.37. The zero-order valence-electron chi connectivity index (χ0n) is 19.2. The van der Waals surface area contributed by atoms with E-state index in [1.54, 1.807) is 4.90 Å². The Balaban J connectivity index is 1.30. The summed E-state index contributed by atoms with van der Waals surface area (Å²) in [6.45, 7) is 2.94. The fourth-order valence-corrected chi connectivity index (χ4v) is 7.50. The van der Waals surface area contributed by atoms with Crippen molar-refractivity contribution in [3.8, 4) is 0 Å². The SMILES string of the molecule is Cc1ccc(CNC(=O)c2ccc3n(c2=O)CCN(CC2(S(=O)(=O)C4CCC4)CC2)C3=O)cc1. The molecule has 2 fully saturated rings. The van der Waals surface area contributed by atoms with Crippen molar-refractivity contribution >= 4 is 21.7 Å². The molecule has 2 amide bonds. The summed E-state index contributed by atoms with van der Waals surface area (Å²) in [5.74, 6) is -0.843. The van der Waals surface area contributed by atoms with Gasteiger partial charge in [0.05, 0.1) is 10.00 Å². The first-order valence-corrected chi connectivity index (χ1v) is 13.4. The zero-order valence-corrected chi connectivity index (χ0v) is 20.1. The minimum atomic E-state index is -3.26. The average Bonchev–Trinajstić information content (AvgIpc) is 3.55. The molecule has 180 valence electrons. The first-order chi connectivity index (χ1) is 16.2. The van der Waals surface area contributed by atoms with Crippen LogP contribution in [0.15, 0.2) is 41.2 Å². The standard InChI is InChI=1S/C25H29N3O5S/c1-17-5-7-18(8-6-17)15-26-22(29)20-9-10-21-24(31)27(13-14-28(21)23(20)30)16-25(11-12-25)34(32,33)19-3-2-4-19/h5-10,19H,2-4,11-16H2,1H3,(H,26,29). The molecule has 0 unspecified atom stereocenters. The number of amides is 2. The van der Waals surface area contributed by atoms with E-state index in [1.807, 2.05) is 31.2 Å². The molecule has 0 spiro atoms. The van der Waals surface area contributed by atoms with Crippen LogP contribution in [0.25, 0.3) is 0 Å². The summed E-state index contributed by atoms with van der Waals surface area (Å²) in [6, 6.07) is 10.6. The van der Waals surface area contributed by atoms with Crippen LogP contribution in [0.3, 0.4) is 0 Å². The summed E-state index contributed by atoms with van der Waals surface area (Å²) in [4.78, 5) is 40.4. The number of rotatable bonds is 7. The largest absolute Gasteiger partial charge is 0.348 e. The maximum atomic E-state index is 13.1. The Morgan fingerprint density at radius 3 is 2.38 bits per heavy atom. The van der Waals surface area contributed by atoms with Crippen molar-refractivity contribution in [1.82, 2.24) is 14.8 Å². The number of fused-ring (bicyclic) bond motifs is 1. The molecule has 0 radical (unpaired) electrons. The van der Waals surface area contributed by atoms with E-state index in [-0.39, 0.29) is 42.0 Å². The van der Waals surface area contributed by atoms with Crippen molar-refractivity contribution in [3.63, 3.8) is 0 Å². The van der Waals surface area contributed by atoms with Crippen molar-refractivity contribution in [2.45, 2.75) is 62.1 Å². The molecule has 2 heterocycles. The maximum absolute atomic E-state index is 13.1. The second-order valence-corrected chi connectivity index (χ2v) is 12.4. The summed E-state index contributed by atoms with van der Waals surface area (Å²) in [5, 5.41) is 2.49. The molecular weight excluding hydrogens is 454 g/mol. The van der Waals surface area contributed by atoms with Gasteiger partial charge in [0.2, 0.25) is 0 Å². The number of aryl methyl sites for hydroxylation is 1. The van der Waals surface area contributed by atoms with Crippen LogP contribution >= 0.6 is 0 Å². The number of benzene rings is 1. The van der Waals surface area contributed by atoms with Crippen LogP contribution in [0.4, 0.5) is 0 Å². The van der Waals surface area contributed by atoms with Crippen LogP contribution in [0.2, 0.25) is 0 Å². The minimum Gasteiger partial charge on any atom is -0.348 e. The van der Waals surface area contributed by atoms with Crippen molar-refractivity contribution < 1.29 is 18.0 Å². The number of nitrogens with one attached hydrogen (secondary N) is 1. The normalized spacial score (nSPS) is 19.3. The fraction of sp³-hybridized carbons (Fsp3) is 0.480. The number of sulfone groups is 1. The molecule has 2 aliphatic carbocycles. The first kappa shape index (κ1) is 22.8. The Morgan fingerprint density at radius 2 is 1.76 bits per heavy atom. The fourth-order valence-electron chi connectivity index (χ4n) is 4.83. The van der Waals surface area contributed by atoms with Crippen LogP contribution in [0.1, 0.15) is 64.1 Å². The van der Waals surface area contributed by atoms with Gasteiger partial charge in [-0.05, 0) is 50.3 Å². The van der Waals surface area contributed by atoms with Gasteiger partial charge in [-0.25, -0.2) is 8.42 Å². The average molecular weight is 484 g/mol. The lowest BCUT2D eigenvalue weighted by Gasteiger charge is -2.35. The van der Waals surface area contributed by atoms with Crippen LogP contribution in [0.5, 0.6) is 0 Å². The molecule has 9 heteroatoms. The van der Waals surface area contributed by atoms with Gasteiger partial charge >= 0.3 is 0 Å². The first-order valence-electron chi connectivity index (χ1n) is 11.8. The molecule has 8 nitrogen and oxygen atoms in total. The van der Waals surface area contributed by atoms with Gasteiger partial charge < -0.3 is 14.8 Å². The molecule has 0 bridgehead atoms. The zero-order chi connectivity index (χ0) is 24.1. The third-order valence-electron chi connectivity index (χ3n) is 7.47. The van der Waals surface area contributed by atoms with Crippen LogP contribution in [0, 0.1) is 6.92 Å². The highest BCUT2D eigenvalue weighted by atomic mass is 32.2. The van der Waals surface area contributed by atoms with E-state index >= 15 is 0 Å². The predicted molar refractivity (Wildman–Crippen MR) is 127 cm³/mol. The summed E-state index contributed by atoms with van der Waals surface area (Å²) in [5.41, 5.74) is 1.73. The number of hydrogen-bond donors (Lipinski definition) is 1. The number of aromatic nitrogens is 1. The van der Waals surface area contributed by atoms with Gasteiger partial charge in [0.1, 0.15) is 11.3 Å². The third-order valence-corrected chi connectivity index (χ3v) is 10.6. The quantitative estimate of drug-likeness (QED) is 0.649. The second-order valence-electron chi connectivity index (χ2n) is 9.76.